The lowest BCUT2D eigenvalue weighted by molar-refractivity contribution is -0.307. The average Bonchev–Trinajstić information content (AvgIpc) is 2.97. The molecule has 0 aromatic heterocycles. The zero-order valence-corrected chi connectivity index (χ0v) is 17.5. The van der Waals surface area contributed by atoms with Crippen molar-refractivity contribution in [1.29, 1.82) is 0 Å². The van der Waals surface area contributed by atoms with Gasteiger partial charge in [0.15, 0.2) is 5.79 Å². The summed E-state index contributed by atoms with van der Waals surface area (Å²) in [6, 6.07) is 0. The first kappa shape index (κ1) is 20.8. The summed E-state index contributed by atoms with van der Waals surface area (Å²) in [5, 5.41) is 21.4. The van der Waals surface area contributed by atoms with E-state index in [1.54, 1.807) is 13.8 Å². The molecule has 2 N–H and O–H groups in total. The number of aliphatic hydroxyl groups excluding tert-OH is 2. The lowest BCUT2D eigenvalue weighted by Gasteiger charge is -2.41. The molecule has 6 heteroatoms. The second kappa shape index (κ2) is 6.55. The van der Waals surface area contributed by atoms with Crippen LogP contribution in [-0.4, -0.2) is 51.5 Å². The number of esters is 1. The van der Waals surface area contributed by atoms with Crippen LogP contribution in [0.4, 0.5) is 0 Å². The molecule has 154 valence electrons. The fraction of sp³-hybridized carbons (Fsp3) is 0.857. The van der Waals surface area contributed by atoms with Crippen molar-refractivity contribution in [3.05, 3.63) is 11.6 Å². The van der Waals surface area contributed by atoms with Gasteiger partial charge in [-0.25, -0.2) is 4.79 Å². The standard InChI is InChI=1S/C21H34O6/c1-8-15(22)20(7)16(23)14(5)21(27-20)13(4)10-19(6,26-21)17-11(2)9-12(3)18(24)25-17/h9,11,13-17,22-23H,8,10H2,1-7H3. The van der Waals surface area contributed by atoms with Crippen LogP contribution >= 0.6 is 0 Å². The summed E-state index contributed by atoms with van der Waals surface area (Å²) in [5.41, 5.74) is -1.22. The highest BCUT2D eigenvalue weighted by Gasteiger charge is 2.69. The predicted octanol–water partition coefficient (Wildman–Crippen LogP) is 2.56. The summed E-state index contributed by atoms with van der Waals surface area (Å²) < 4.78 is 18.7. The Morgan fingerprint density at radius 1 is 1.26 bits per heavy atom. The van der Waals surface area contributed by atoms with Gasteiger partial charge in [0, 0.05) is 23.3 Å². The maximum absolute atomic E-state index is 12.1. The van der Waals surface area contributed by atoms with E-state index in [-0.39, 0.29) is 23.7 Å². The SMILES string of the molecule is CCC(O)C1(C)OC2(OC(C)(C3OC(=O)C(C)=CC3C)CC2C)C(C)C1O. The number of carbonyl (C=O) groups is 1. The first-order valence-electron chi connectivity index (χ1n) is 10.1. The maximum Gasteiger partial charge on any atom is 0.333 e. The Bertz CT molecular complexity index is 647. The zero-order chi connectivity index (χ0) is 20.4. The third kappa shape index (κ3) is 2.87. The zero-order valence-electron chi connectivity index (χ0n) is 17.5. The molecule has 3 aliphatic heterocycles. The van der Waals surface area contributed by atoms with E-state index in [1.807, 2.05) is 40.7 Å². The van der Waals surface area contributed by atoms with E-state index in [2.05, 4.69) is 0 Å². The highest BCUT2D eigenvalue weighted by atomic mass is 16.7. The molecule has 0 aliphatic carbocycles. The van der Waals surface area contributed by atoms with Crippen molar-refractivity contribution < 1.29 is 29.2 Å². The van der Waals surface area contributed by atoms with Crippen molar-refractivity contribution in [3.8, 4) is 0 Å². The third-order valence-corrected chi connectivity index (χ3v) is 7.06. The fourth-order valence-corrected chi connectivity index (χ4v) is 5.52. The van der Waals surface area contributed by atoms with E-state index in [0.717, 1.165) is 0 Å². The van der Waals surface area contributed by atoms with Crippen molar-refractivity contribution in [2.75, 3.05) is 0 Å². The molecule has 2 saturated heterocycles. The van der Waals surface area contributed by atoms with Crippen LogP contribution in [0.5, 0.6) is 0 Å². The van der Waals surface area contributed by atoms with Crippen LogP contribution in [0, 0.1) is 17.8 Å². The van der Waals surface area contributed by atoms with Gasteiger partial charge in [-0.15, -0.1) is 0 Å². The minimum absolute atomic E-state index is 0.0179. The lowest BCUT2D eigenvalue weighted by atomic mass is 9.79. The molecular weight excluding hydrogens is 348 g/mol. The molecule has 0 radical (unpaired) electrons. The summed E-state index contributed by atoms with van der Waals surface area (Å²) in [7, 11) is 0. The Kier molecular flexibility index (Phi) is 5.04. The first-order chi connectivity index (χ1) is 12.4. The number of hydrogen-bond acceptors (Lipinski definition) is 6. The van der Waals surface area contributed by atoms with Gasteiger partial charge in [0.25, 0.3) is 0 Å². The number of rotatable bonds is 3. The van der Waals surface area contributed by atoms with Gasteiger partial charge in [-0.2, -0.15) is 0 Å². The minimum atomic E-state index is -1.10. The van der Waals surface area contributed by atoms with E-state index < -0.39 is 35.3 Å². The van der Waals surface area contributed by atoms with E-state index in [9.17, 15) is 15.0 Å². The Morgan fingerprint density at radius 3 is 2.48 bits per heavy atom. The second-order valence-corrected chi connectivity index (χ2v) is 9.22. The van der Waals surface area contributed by atoms with Crippen molar-refractivity contribution in [2.24, 2.45) is 17.8 Å². The molecular formula is C21H34O6. The monoisotopic (exact) mass is 382 g/mol. The second-order valence-electron chi connectivity index (χ2n) is 9.22. The van der Waals surface area contributed by atoms with Crippen molar-refractivity contribution in [2.45, 2.75) is 96.6 Å². The number of hydrogen-bond donors (Lipinski definition) is 2. The Morgan fingerprint density at radius 2 is 1.89 bits per heavy atom. The van der Waals surface area contributed by atoms with Gasteiger partial charge in [-0.3, -0.25) is 0 Å². The molecule has 1 spiro atoms. The molecule has 9 atom stereocenters. The summed E-state index contributed by atoms with van der Waals surface area (Å²) >= 11 is 0. The molecule has 27 heavy (non-hydrogen) atoms. The Labute approximate surface area is 161 Å². The van der Waals surface area contributed by atoms with Crippen LogP contribution in [0.3, 0.4) is 0 Å². The van der Waals surface area contributed by atoms with Crippen molar-refractivity contribution in [1.82, 2.24) is 0 Å². The first-order valence-corrected chi connectivity index (χ1v) is 10.1. The molecule has 0 amide bonds. The van der Waals surface area contributed by atoms with Crippen LogP contribution in [0.25, 0.3) is 0 Å². The van der Waals surface area contributed by atoms with Crippen LogP contribution in [-0.2, 0) is 19.0 Å². The Hall–Kier alpha value is -0.950. The average molecular weight is 382 g/mol. The highest BCUT2D eigenvalue weighted by molar-refractivity contribution is 5.88. The van der Waals surface area contributed by atoms with E-state index in [4.69, 9.17) is 14.2 Å². The number of carbonyl (C=O) groups excluding carboxylic acids is 1. The number of aliphatic hydroxyl groups is 2. The van der Waals surface area contributed by atoms with Crippen molar-refractivity contribution >= 4 is 5.97 Å². The summed E-state index contributed by atoms with van der Waals surface area (Å²) in [6.45, 7) is 13.3. The van der Waals surface area contributed by atoms with Gasteiger partial charge in [-0.1, -0.05) is 33.8 Å². The largest absolute Gasteiger partial charge is 0.455 e. The topological polar surface area (TPSA) is 85.2 Å². The smallest absolute Gasteiger partial charge is 0.333 e. The highest BCUT2D eigenvalue weighted by Crippen LogP contribution is 2.58. The number of cyclic esters (lactones) is 1. The fourth-order valence-electron chi connectivity index (χ4n) is 5.52. The van der Waals surface area contributed by atoms with Gasteiger partial charge in [-0.05, 0) is 33.6 Å². The van der Waals surface area contributed by atoms with Crippen LogP contribution < -0.4 is 0 Å². The number of ether oxygens (including phenoxy) is 3. The molecule has 3 heterocycles. The van der Waals surface area contributed by atoms with Gasteiger partial charge < -0.3 is 24.4 Å². The summed E-state index contributed by atoms with van der Waals surface area (Å²) in [4.78, 5) is 12.1. The molecule has 2 fully saturated rings. The maximum atomic E-state index is 12.1. The summed E-state index contributed by atoms with van der Waals surface area (Å²) in [6.07, 6.45) is 0.964. The van der Waals surface area contributed by atoms with Gasteiger partial charge in [0.2, 0.25) is 0 Å². The van der Waals surface area contributed by atoms with Crippen LogP contribution in [0.1, 0.15) is 61.3 Å². The molecule has 0 bridgehead atoms. The van der Waals surface area contributed by atoms with Gasteiger partial charge in [0.1, 0.15) is 17.3 Å². The van der Waals surface area contributed by atoms with E-state index >= 15 is 0 Å². The quantitative estimate of drug-likeness (QED) is 0.730. The van der Waals surface area contributed by atoms with Gasteiger partial charge >= 0.3 is 5.97 Å². The van der Waals surface area contributed by atoms with Crippen LogP contribution in [0.2, 0.25) is 0 Å². The van der Waals surface area contributed by atoms with E-state index in [0.29, 0.717) is 18.4 Å². The molecule has 0 aromatic rings. The van der Waals surface area contributed by atoms with Gasteiger partial charge in [0.05, 0.1) is 12.2 Å². The van der Waals surface area contributed by atoms with E-state index in [1.165, 1.54) is 0 Å². The van der Waals surface area contributed by atoms with Crippen LogP contribution in [0.15, 0.2) is 11.6 Å². The third-order valence-electron chi connectivity index (χ3n) is 7.06. The normalized spacial score (nSPS) is 51.4. The molecule has 0 saturated carbocycles. The lowest BCUT2D eigenvalue weighted by Crippen LogP contribution is -2.51. The predicted molar refractivity (Wildman–Crippen MR) is 99.8 cm³/mol. The molecule has 6 nitrogen and oxygen atoms in total. The molecule has 3 rings (SSSR count). The molecule has 0 aromatic carbocycles. The summed E-state index contributed by atoms with van der Waals surface area (Å²) in [5.74, 6) is -1.68. The Balaban J connectivity index is 1.93. The molecule has 9 unspecified atom stereocenters. The minimum Gasteiger partial charge on any atom is -0.455 e. The van der Waals surface area contributed by atoms with Crippen molar-refractivity contribution in [3.63, 3.8) is 0 Å². The molecule has 3 aliphatic rings.